The van der Waals surface area contributed by atoms with Crippen molar-refractivity contribution in [3.8, 4) is 0 Å². The van der Waals surface area contributed by atoms with Crippen LogP contribution < -0.4 is 10.6 Å². The van der Waals surface area contributed by atoms with Crippen molar-refractivity contribution in [2.24, 2.45) is 5.92 Å². The van der Waals surface area contributed by atoms with Gasteiger partial charge in [-0.25, -0.2) is 4.39 Å². The fourth-order valence-corrected chi connectivity index (χ4v) is 4.05. The van der Waals surface area contributed by atoms with E-state index in [0.29, 0.717) is 37.1 Å². The van der Waals surface area contributed by atoms with Gasteiger partial charge in [0.15, 0.2) is 0 Å². The molecule has 0 radical (unpaired) electrons. The van der Waals surface area contributed by atoms with E-state index >= 15 is 0 Å². The Balaban J connectivity index is 1.70. The van der Waals surface area contributed by atoms with E-state index in [4.69, 9.17) is 0 Å². The van der Waals surface area contributed by atoms with Gasteiger partial charge in [0, 0.05) is 30.3 Å². The molecule has 2 aromatic carbocycles. The van der Waals surface area contributed by atoms with Crippen molar-refractivity contribution < 1.29 is 18.8 Å². The number of hydrogen-bond acceptors (Lipinski definition) is 3. The van der Waals surface area contributed by atoms with Gasteiger partial charge in [0.05, 0.1) is 0 Å². The lowest BCUT2D eigenvalue weighted by Crippen LogP contribution is -2.55. The molecule has 0 spiro atoms. The molecule has 0 bridgehead atoms. The zero-order valence-corrected chi connectivity index (χ0v) is 19.4. The lowest BCUT2D eigenvalue weighted by atomic mass is 9.88. The van der Waals surface area contributed by atoms with Crippen molar-refractivity contribution in [1.29, 1.82) is 0 Å². The van der Waals surface area contributed by atoms with Crippen LogP contribution in [0.5, 0.6) is 0 Å². The fourth-order valence-electron chi connectivity index (χ4n) is 4.05. The minimum atomic E-state index is -0.729. The minimum absolute atomic E-state index is 0.0203. The van der Waals surface area contributed by atoms with Gasteiger partial charge in [-0.05, 0) is 75.4 Å². The number of rotatable bonds is 7. The van der Waals surface area contributed by atoms with Gasteiger partial charge < -0.3 is 15.5 Å². The molecule has 1 saturated heterocycles. The highest BCUT2D eigenvalue weighted by molar-refractivity contribution is 5.97. The van der Waals surface area contributed by atoms with Crippen molar-refractivity contribution in [2.45, 2.75) is 52.1 Å². The summed E-state index contributed by atoms with van der Waals surface area (Å²) in [5, 5.41) is 5.82. The molecule has 1 aliphatic heterocycles. The number of aryl methyl sites for hydroxylation is 1. The Morgan fingerprint density at radius 1 is 1.03 bits per heavy atom. The quantitative estimate of drug-likeness (QED) is 0.671. The Morgan fingerprint density at radius 2 is 1.70 bits per heavy atom. The molecule has 33 heavy (non-hydrogen) atoms. The van der Waals surface area contributed by atoms with Crippen LogP contribution in [0.2, 0.25) is 0 Å². The molecule has 1 aliphatic rings. The van der Waals surface area contributed by atoms with Crippen LogP contribution in [0.15, 0.2) is 48.5 Å². The van der Waals surface area contributed by atoms with Gasteiger partial charge >= 0.3 is 0 Å². The Labute approximate surface area is 194 Å². The number of piperidine rings is 1. The lowest BCUT2D eigenvalue weighted by molar-refractivity contribution is -0.125. The van der Waals surface area contributed by atoms with Crippen LogP contribution in [-0.4, -0.2) is 47.8 Å². The molecule has 1 fully saturated rings. The van der Waals surface area contributed by atoms with Crippen molar-refractivity contribution in [3.63, 3.8) is 0 Å². The van der Waals surface area contributed by atoms with Gasteiger partial charge in [-0.1, -0.05) is 24.6 Å². The average Bonchev–Trinajstić information content (AvgIpc) is 2.82. The topological polar surface area (TPSA) is 78.5 Å². The third-order valence-electron chi connectivity index (χ3n) is 6.24. The van der Waals surface area contributed by atoms with Gasteiger partial charge in [-0.2, -0.15) is 0 Å². The maximum absolute atomic E-state index is 13.2. The minimum Gasteiger partial charge on any atom is -0.352 e. The smallest absolute Gasteiger partial charge is 0.253 e. The predicted molar refractivity (Wildman–Crippen MR) is 125 cm³/mol. The monoisotopic (exact) mass is 453 g/mol. The number of nitrogens with one attached hydrogen (secondary N) is 2. The van der Waals surface area contributed by atoms with Crippen molar-refractivity contribution >= 4 is 17.7 Å². The summed E-state index contributed by atoms with van der Waals surface area (Å²) >= 11 is 0. The molecular formula is C26H32FN3O3. The van der Waals surface area contributed by atoms with Gasteiger partial charge in [-0.3, -0.25) is 14.4 Å². The zero-order chi connectivity index (χ0) is 24.0. The Kier molecular flexibility index (Phi) is 8.20. The first-order chi connectivity index (χ1) is 15.8. The lowest BCUT2D eigenvalue weighted by Gasteiger charge is -2.36. The number of hydrogen-bond donors (Lipinski definition) is 2. The summed E-state index contributed by atoms with van der Waals surface area (Å²) in [6.07, 6.45) is 1.97. The molecule has 0 saturated carbocycles. The second-order valence-electron chi connectivity index (χ2n) is 8.78. The normalized spacial score (nSPS) is 16.1. The van der Waals surface area contributed by atoms with Crippen LogP contribution >= 0.6 is 0 Å². The number of nitrogens with zero attached hydrogens (tertiary/aromatic N) is 1. The standard InChI is InChI=1S/C26H32FN3O3/c1-4-18(3)28-25(32)23(29-24(31)20-8-10-22(27)11-9-20)19-12-14-30(15-13-19)26(33)21-7-5-6-17(2)16-21/h5-11,16,18-19,23H,4,12-15H2,1-3H3,(H,28,32)(H,29,31). The van der Waals surface area contributed by atoms with Gasteiger partial charge in [0.1, 0.15) is 11.9 Å². The molecule has 3 rings (SSSR count). The number of likely N-dealkylation sites (tertiary alicyclic amines) is 1. The largest absolute Gasteiger partial charge is 0.352 e. The first-order valence-electron chi connectivity index (χ1n) is 11.5. The van der Waals surface area contributed by atoms with Crippen LogP contribution in [0.1, 0.15) is 59.4 Å². The third-order valence-corrected chi connectivity index (χ3v) is 6.24. The molecule has 3 amide bonds. The highest BCUT2D eigenvalue weighted by atomic mass is 19.1. The van der Waals surface area contributed by atoms with Gasteiger partial charge in [0.25, 0.3) is 11.8 Å². The summed E-state index contributed by atoms with van der Waals surface area (Å²) in [5.41, 5.74) is 1.98. The summed E-state index contributed by atoms with van der Waals surface area (Å²) in [4.78, 5) is 40.5. The Morgan fingerprint density at radius 3 is 2.30 bits per heavy atom. The molecule has 7 heteroatoms. The van der Waals surface area contributed by atoms with E-state index in [1.54, 1.807) is 4.90 Å². The molecule has 2 unspecified atom stereocenters. The summed E-state index contributed by atoms with van der Waals surface area (Å²) < 4.78 is 13.2. The molecule has 176 valence electrons. The second kappa shape index (κ2) is 11.1. The number of benzene rings is 2. The van der Waals surface area contributed by atoms with E-state index in [1.807, 2.05) is 45.0 Å². The first-order valence-corrected chi connectivity index (χ1v) is 11.5. The van der Waals surface area contributed by atoms with Crippen LogP contribution in [-0.2, 0) is 4.79 Å². The molecule has 0 aromatic heterocycles. The highest BCUT2D eigenvalue weighted by Gasteiger charge is 2.34. The number of carbonyl (C=O) groups is 3. The molecule has 2 aromatic rings. The maximum atomic E-state index is 13.2. The van der Waals surface area contributed by atoms with Gasteiger partial charge in [-0.15, -0.1) is 0 Å². The van der Waals surface area contributed by atoms with E-state index in [2.05, 4.69) is 10.6 Å². The second-order valence-corrected chi connectivity index (χ2v) is 8.78. The summed E-state index contributed by atoms with van der Waals surface area (Å²) in [5.74, 6) is -1.21. The third kappa shape index (κ3) is 6.40. The van der Waals surface area contributed by atoms with E-state index in [9.17, 15) is 18.8 Å². The van der Waals surface area contributed by atoms with E-state index in [0.717, 1.165) is 12.0 Å². The predicted octanol–water partition coefficient (Wildman–Crippen LogP) is 3.70. The Hall–Kier alpha value is -3.22. The van der Waals surface area contributed by atoms with E-state index in [-0.39, 0.29) is 23.8 Å². The number of halogens is 1. The van der Waals surface area contributed by atoms with Crippen molar-refractivity contribution in [1.82, 2.24) is 15.5 Å². The Bertz CT molecular complexity index is 985. The van der Waals surface area contributed by atoms with E-state index < -0.39 is 17.8 Å². The molecular weight excluding hydrogens is 421 g/mol. The van der Waals surface area contributed by atoms with E-state index in [1.165, 1.54) is 24.3 Å². The van der Waals surface area contributed by atoms with Crippen molar-refractivity contribution in [3.05, 3.63) is 71.0 Å². The molecule has 6 nitrogen and oxygen atoms in total. The van der Waals surface area contributed by atoms with Crippen LogP contribution in [0.3, 0.4) is 0 Å². The number of amides is 3. The average molecular weight is 454 g/mol. The van der Waals surface area contributed by atoms with Gasteiger partial charge in [0.2, 0.25) is 5.91 Å². The molecule has 2 N–H and O–H groups in total. The van der Waals surface area contributed by atoms with Crippen molar-refractivity contribution in [2.75, 3.05) is 13.1 Å². The van der Waals surface area contributed by atoms with Crippen LogP contribution in [0, 0.1) is 18.7 Å². The molecule has 1 heterocycles. The first kappa shape index (κ1) is 24.4. The van der Waals surface area contributed by atoms with Crippen LogP contribution in [0.4, 0.5) is 4.39 Å². The SMILES string of the molecule is CCC(C)NC(=O)C(NC(=O)c1ccc(F)cc1)C1CCN(C(=O)c2cccc(C)c2)CC1. The molecule has 2 atom stereocenters. The zero-order valence-electron chi connectivity index (χ0n) is 19.4. The molecule has 0 aliphatic carbocycles. The summed E-state index contributed by atoms with van der Waals surface area (Å²) in [6.45, 7) is 6.87. The fraction of sp³-hybridized carbons (Fsp3) is 0.423. The summed E-state index contributed by atoms with van der Waals surface area (Å²) in [7, 11) is 0. The highest BCUT2D eigenvalue weighted by Crippen LogP contribution is 2.23. The number of carbonyl (C=O) groups excluding carboxylic acids is 3. The summed E-state index contributed by atoms with van der Waals surface area (Å²) in [6, 6.07) is 12.0. The van der Waals surface area contributed by atoms with Crippen LogP contribution in [0.25, 0.3) is 0 Å². The maximum Gasteiger partial charge on any atom is 0.253 e.